The van der Waals surface area contributed by atoms with Gasteiger partial charge in [-0.3, -0.25) is 0 Å². The average Bonchev–Trinajstić information content (AvgIpc) is 2.46. The zero-order valence-electron chi connectivity index (χ0n) is 7.65. The molecule has 2 aromatic rings. The third kappa shape index (κ3) is 0.878. The van der Waals surface area contributed by atoms with Crippen LogP contribution in [-0.2, 0) is 0 Å². The Balaban J connectivity index is 2.49. The molecule has 0 atom stereocenters. The molecule has 0 aliphatic carbocycles. The average molecular weight is 188 g/mol. The van der Waals surface area contributed by atoms with Crippen LogP contribution in [0.15, 0.2) is 21.6 Å². The Morgan fingerprint density at radius 1 is 1.36 bits per heavy atom. The molecular formula is C10H8N2O2. The maximum atomic E-state index is 5.56. The highest BCUT2D eigenvalue weighted by molar-refractivity contribution is 5.95. The molecule has 0 fully saturated rings. The predicted molar refractivity (Wildman–Crippen MR) is 52.4 cm³/mol. The highest BCUT2D eigenvalue weighted by atomic mass is 16.5. The molecule has 0 saturated carbocycles. The molecule has 0 spiro atoms. The van der Waals surface area contributed by atoms with Crippen molar-refractivity contribution < 1.29 is 9.26 Å². The summed E-state index contributed by atoms with van der Waals surface area (Å²) in [5, 5.41) is 4.75. The van der Waals surface area contributed by atoms with Crippen molar-refractivity contribution in [3.05, 3.63) is 17.7 Å². The lowest BCUT2D eigenvalue weighted by atomic mass is 10.1. The second kappa shape index (κ2) is 2.57. The fourth-order valence-corrected chi connectivity index (χ4v) is 1.61. The first-order valence-corrected chi connectivity index (χ1v) is 4.40. The van der Waals surface area contributed by atoms with Crippen molar-refractivity contribution in [1.82, 2.24) is 5.16 Å². The van der Waals surface area contributed by atoms with Crippen molar-refractivity contribution in [3.63, 3.8) is 0 Å². The monoisotopic (exact) mass is 188 g/mol. The van der Waals surface area contributed by atoms with Crippen LogP contribution in [0.2, 0.25) is 0 Å². The van der Waals surface area contributed by atoms with Crippen LogP contribution in [0, 0.1) is 6.92 Å². The van der Waals surface area contributed by atoms with Gasteiger partial charge in [-0.2, -0.15) is 0 Å². The molecule has 1 aromatic heterocycles. The second-order valence-electron chi connectivity index (χ2n) is 3.21. The number of aromatic nitrogens is 1. The summed E-state index contributed by atoms with van der Waals surface area (Å²) in [5.74, 6) is 1.44. The Hall–Kier alpha value is -1.84. The minimum absolute atomic E-state index is 0.482. The van der Waals surface area contributed by atoms with Crippen molar-refractivity contribution >= 4 is 23.0 Å². The summed E-state index contributed by atoms with van der Waals surface area (Å²) in [4.78, 5) is 4.15. The van der Waals surface area contributed by atoms with E-state index in [1.54, 1.807) is 6.21 Å². The van der Waals surface area contributed by atoms with E-state index in [1.807, 2.05) is 19.1 Å². The van der Waals surface area contributed by atoms with Crippen LogP contribution in [0.1, 0.15) is 5.56 Å². The SMILES string of the molecule is Cc1ccc2onc3c2c1OCC=N3. The number of hydrogen-bond acceptors (Lipinski definition) is 4. The van der Waals surface area contributed by atoms with E-state index in [2.05, 4.69) is 10.1 Å². The minimum Gasteiger partial charge on any atom is -0.487 e. The van der Waals surface area contributed by atoms with Gasteiger partial charge in [0.15, 0.2) is 5.58 Å². The molecule has 70 valence electrons. The van der Waals surface area contributed by atoms with E-state index < -0.39 is 0 Å². The topological polar surface area (TPSA) is 47.6 Å². The van der Waals surface area contributed by atoms with Crippen LogP contribution in [0.3, 0.4) is 0 Å². The van der Waals surface area contributed by atoms with Gasteiger partial charge in [0.25, 0.3) is 0 Å². The third-order valence-corrected chi connectivity index (χ3v) is 2.29. The second-order valence-corrected chi connectivity index (χ2v) is 3.21. The van der Waals surface area contributed by atoms with Gasteiger partial charge < -0.3 is 9.26 Å². The van der Waals surface area contributed by atoms with Crippen LogP contribution in [0.25, 0.3) is 11.0 Å². The van der Waals surface area contributed by atoms with Crippen molar-refractivity contribution in [2.24, 2.45) is 4.99 Å². The Morgan fingerprint density at radius 3 is 3.21 bits per heavy atom. The molecule has 0 N–H and O–H groups in total. The van der Waals surface area contributed by atoms with Gasteiger partial charge in [-0.25, -0.2) is 4.99 Å². The number of nitrogens with zero attached hydrogens (tertiary/aromatic N) is 2. The molecule has 4 nitrogen and oxygen atoms in total. The van der Waals surface area contributed by atoms with Crippen LogP contribution in [0.5, 0.6) is 5.75 Å². The molecule has 1 aliphatic heterocycles. The number of ether oxygens (including phenoxy) is 1. The zero-order chi connectivity index (χ0) is 9.54. The lowest BCUT2D eigenvalue weighted by Crippen LogP contribution is -1.97. The van der Waals surface area contributed by atoms with Gasteiger partial charge in [-0.1, -0.05) is 11.2 Å². The fourth-order valence-electron chi connectivity index (χ4n) is 1.61. The molecule has 0 radical (unpaired) electrons. The van der Waals surface area contributed by atoms with Crippen LogP contribution in [0.4, 0.5) is 5.82 Å². The van der Waals surface area contributed by atoms with Gasteiger partial charge in [0.1, 0.15) is 17.7 Å². The molecule has 2 heterocycles. The van der Waals surface area contributed by atoms with Crippen molar-refractivity contribution in [1.29, 1.82) is 0 Å². The van der Waals surface area contributed by atoms with Gasteiger partial charge >= 0.3 is 0 Å². The van der Waals surface area contributed by atoms with E-state index >= 15 is 0 Å². The first kappa shape index (κ1) is 7.55. The number of aryl methyl sites for hydroxylation is 1. The van der Waals surface area contributed by atoms with Crippen LogP contribution >= 0.6 is 0 Å². The van der Waals surface area contributed by atoms with Crippen LogP contribution < -0.4 is 4.74 Å². The minimum atomic E-state index is 0.482. The summed E-state index contributed by atoms with van der Waals surface area (Å²) >= 11 is 0. The van der Waals surface area contributed by atoms with Gasteiger partial charge in [0, 0.05) is 6.21 Å². The van der Waals surface area contributed by atoms with Crippen LogP contribution in [-0.4, -0.2) is 18.0 Å². The fraction of sp³-hybridized carbons (Fsp3) is 0.200. The zero-order valence-corrected chi connectivity index (χ0v) is 7.65. The number of aliphatic imine (C=N–C) groups is 1. The summed E-state index contributed by atoms with van der Waals surface area (Å²) < 4.78 is 10.7. The van der Waals surface area contributed by atoms with Gasteiger partial charge in [-0.05, 0) is 18.6 Å². The summed E-state index contributed by atoms with van der Waals surface area (Å²) in [6.45, 7) is 2.48. The summed E-state index contributed by atoms with van der Waals surface area (Å²) in [7, 11) is 0. The van der Waals surface area contributed by atoms with Crippen molar-refractivity contribution in [2.45, 2.75) is 6.92 Å². The van der Waals surface area contributed by atoms with E-state index in [0.717, 1.165) is 22.3 Å². The first-order valence-electron chi connectivity index (χ1n) is 4.40. The summed E-state index contributed by atoms with van der Waals surface area (Å²) in [6, 6.07) is 3.84. The molecular weight excluding hydrogens is 180 g/mol. The molecule has 0 unspecified atom stereocenters. The third-order valence-electron chi connectivity index (χ3n) is 2.29. The van der Waals surface area contributed by atoms with Gasteiger partial charge in [-0.15, -0.1) is 0 Å². The molecule has 0 amide bonds. The van der Waals surface area contributed by atoms with Gasteiger partial charge in [0.2, 0.25) is 5.82 Å². The van der Waals surface area contributed by atoms with Crippen molar-refractivity contribution in [3.8, 4) is 5.75 Å². The molecule has 0 saturated heterocycles. The van der Waals surface area contributed by atoms with E-state index in [9.17, 15) is 0 Å². The molecule has 3 rings (SSSR count). The predicted octanol–water partition coefficient (Wildman–Crippen LogP) is 2.23. The Bertz CT molecular complexity index is 528. The quantitative estimate of drug-likeness (QED) is 0.636. The molecule has 1 aromatic carbocycles. The number of benzene rings is 1. The molecule has 4 heteroatoms. The lowest BCUT2D eigenvalue weighted by molar-refractivity contribution is 0.383. The number of hydrogen-bond donors (Lipinski definition) is 0. The number of rotatable bonds is 0. The van der Waals surface area contributed by atoms with E-state index in [0.29, 0.717) is 12.4 Å². The smallest absolute Gasteiger partial charge is 0.206 e. The molecule has 1 aliphatic rings. The summed E-state index contributed by atoms with van der Waals surface area (Å²) in [6.07, 6.45) is 1.69. The first-order chi connectivity index (χ1) is 6.86. The largest absolute Gasteiger partial charge is 0.487 e. The maximum absolute atomic E-state index is 5.56. The molecule has 14 heavy (non-hydrogen) atoms. The Labute approximate surface area is 80.2 Å². The van der Waals surface area contributed by atoms with E-state index in [1.165, 1.54) is 0 Å². The maximum Gasteiger partial charge on any atom is 0.206 e. The summed E-state index contributed by atoms with van der Waals surface area (Å²) in [5.41, 5.74) is 1.80. The normalized spacial score (nSPS) is 14.1. The Morgan fingerprint density at radius 2 is 2.29 bits per heavy atom. The highest BCUT2D eigenvalue weighted by Gasteiger charge is 2.16. The lowest BCUT2D eigenvalue weighted by Gasteiger charge is -2.05. The van der Waals surface area contributed by atoms with E-state index in [-0.39, 0.29) is 0 Å². The van der Waals surface area contributed by atoms with Crippen molar-refractivity contribution in [2.75, 3.05) is 6.61 Å². The standard InChI is InChI=1S/C10H8N2O2/c1-6-2-3-7-8-9(6)13-5-4-11-10(8)12-14-7/h2-4H,5H2,1H3. The molecule has 0 bridgehead atoms. The van der Waals surface area contributed by atoms with Gasteiger partial charge in [0.05, 0.1) is 0 Å². The highest BCUT2D eigenvalue weighted by Crippen LogP contribution is 2.37. The Kier molecular flexibility index (Phi) is 1.39. The van der Waals surface area contributed by atoms with E-state index in [4.69, 9.17) is 9.26 Å².